The minimum Gasteiger partial charge on any atom is -0.344 e. The molecule has 2 aromatic rings. The van der Waals surface area contributed by atoms with E-state index in [9.17, 15) is 14.4 Å². The molecule has 118 valence electrons. The molecule has 0 aliphatic carbocycles. The molecule has 23 heavy (non-hydrogen) atoms. The summed E-state index contributed by atoms with van der Waals surface area (Å²) in [6.45, 7) is 3.70. The summed E-state index contributed by atoms with van der Waals surface area (Å²) in [6, 6.07) is 14.0. The van der Waals surface area contributed by atoms with Gasteiger partial charge in [0.15, 0.2) is 5.78 Å². The van der Waals surface area contributed by atoms with Gasteiger partial charge in [0.25, 0.3) is 0 Å². The summed E-state index contributed by atoms with van der Waals surface area (Å²) in [5.74, 6) is -1.50. The predicted octanol–water partition coefficient (Wildman–Crippen LogP) is 2.45. The van der Waals surface area contributed by atoms with Gasteiger partial charge in [0, 0.05) is 17.8 Å². The van der Waals surface area contributed by atoms with Crippen molar-refractivity contribution in [1.29, 1.82) is 0 Å². The molecule has 2 amide bonds. The van der Waals surface area contributed by atoms with Gasteiger partial charge in [-0.15, -0.1) is 0 Å². The van der Waals surface area contributed by atoms with Crippen molar-refractivity contribution >= 4 is 23.3 Å². The molecule has 0 aliphatic heterocycles. The molecule has 0 heterocycles. The van der Waals surface area contributed by atoms with E-state index in [1.165, 1.54) is 6.92 Å². The van der Waals surface area contributed by atoms with Gasteiger partial charge in [-0.2, -0.15) is 0 Å². The molecule has 0 bridgehead atoms. The summed E-state index contributed by atoms with van der Waals surface area (Å²) in [4.78, 5) is 34.9. The van der Waals surface area contributed by atoms with Crippen LogP contribution in [0.5, 0.6) is 0 Å². The van der Waals surface area contributed by atoms with Crippen molar-refractivity contribution < 1.29 is 14.4 Å². The number of carbonyl (C=O) groups is 3. The number of benzene rings is 2. The number of Topliss-reactive ketones (excluding diaryl/α,β-unsaturated/α-hetero) is 1. The smallest absolute Gasteiger partial charge is 0.313 e. The highest BCUT2D eigenvalue weighted by Crippen LogP contribution is 2.10. The Morgan fingerprint density at radius 1 is 0.913 bits per heavy atom. The zero-order valence-electron chi connectivity index (χ0n) is 13.1. The summed E-state index contributed by atoms with van der Waals surface area (Å²) in [5.41, 5.74) is 3.02. The molecule has 5 nitrogen and oxygen atoms in total. The third-order valence-corrected chi connectivity index (χ3v) is 3.46. The molecule has 0 aromatic heterocycles. The standard InChI is InChI=1S/C18H18N2O3/c1-12-5-3-4-6-15(12)11-19-17(22)18(23)20-16-9-7-14(8-10-16)13(2)21/h3-10H,11H2,1-2H3,(H,19,22)(H,20,23). The SMILES string of the molecule is CC(=O)c1ccc(NC(=O)C(=O)NCc2ccccc2C)cc1. The van der Waals surface area contributed by atoms with Crippen LogP contribution in [0.1, 0.15) is 28.4 Å². The molecule has 0 unspecified atom stereocenters. The number of hydrogen-bond donors (Lipinski definition) is 2. The summed E-state index contributed by atoms with van der Waals surface area (Å²) < 4.78 is 0. The van der Waals surface area contributed by atoms with Crippen LogP contribution in [0.4, 0.5) is 5.69 Å². The Kier molecular flexibility index (Phi) is 5.25. The van der Waals surface area contributed by atoms with Crippen LogP contribution in [0, 0.1) is 6.92 Å². The van der Waals surface area contributed by atoms with Gasteiger partial charge in [-0.1, -0.05) is 24.3 Å². The maximum atomic E-state index is 11.8. The van der Waals surface area contributed by atoms with Gasteiger partial charge in [-0.25, -0.2) is 0 Å². The van der Waals surface area contributed by atoms with Crippen LogP contribution >= 0.6 is 0 Å². The third kappa shape index (κ3) is 4.51. The van der Waals surface area contributed by atoms with Crippen molar-refractivity contribution in [1.82, 2.24) is 5.32 Å². The number of rotatable bonds is 4. The molecule has 0 fully saturated rings. The van der Waals surface area contributed by atoms with E-state index in [2.05, 4.69) is 10.6 Å². The Morgan fingerprint density at radius 3 is 2.17 bits per heavy atom. The van der Waals surface area contributed by atoms with Gasteiger partial charge in [-0.3, -0.25) is 14.4 Å². The second-order valence-corrected chi connectivity index (χ2v) is 5.20. The monoisotopic (exact) mass is 310 g/mol. The molecule has 0 saturated carbocycles. The van der Waals surface area contributed by atoms with E-state index in [1.54, 1.807) is 24.3 Å². The molecule has 2 aromatic carbocycles. The molecule has 0 aliphatic rings. The van der Waals surface area contributed by atoms with Crippen molar-refractivity contribution in [2.24, 2.45) is 0 Å². The lowest BCUT2D eigenvalue weighted by molar-refractivity contribution is -0.136. The number of amides is 2. The van der Waals surface area contributed by atoms with Gasteiger partial charge in [-0.05, 0) is 49.2 Å². The first-order chi connectivity index (χ1) is 11.0. The van der Waals surface area contributed by atoms with Crippen LogP contribution in [0.25, 0.3) is 0 Å². The minimum absolute atomic E-state index is 0.0566. The van der Waals surface area contributed by atoms with Crippen molar-refractivity contribution in [2.75, 3.05) is 5.32 Å². The predicted molar refractivity (Wildman–Crippen MR) is 88.1 cm³/mol. The Labute approximate surface area is 134 Å². The highest BCUT2D eigenvalue weighted by Gasteiger charge is 2.13. The largest absolute Gasteiger partial charge is 0.344 e. The van der Waals surface area contributed by atoms with Crippen molar-refractivity contribution in [3.8, 4) is 0 Å². The summed E-state index contributed by atoms with van der Waals surface area (Å²) >= 11 is 0. The van der Waals surface area contributed by atoms with Crippen LogP contribution in [0.15, 0.2) is 48.5 Å². The number of ketones is 1. The lowest BCUT2D eigenvalue weighted by atomic mass is 10.1. The van der Waals surface area contributed by atoms with Crippen LogP contribution in [0.3, 0.4) is 0 Å². The zero-order chi connectivity index (χ0) is 16.8. The lowest BCUT2D eigenvalue weighted by Crippen LogP contribution is -2.35. The average molecular weight is 310 g/mol. The Bertz CT molecular complexity index is 736. The number of nitrogens with one attached hydrogen (secondary N) is 2. The van der Waals surface area contributed by atoms with Crippen LogP contribution in [-0.4, -0.2) is 17.6 Å². The summed E-state index contributed by atoms with van der Waals surface area (Å²) in [6.07, 6.45) is 0. The number of aryl methyl sites for hydroxylation is 1. The van der Waals surface area contributed by atoms with Crippen LogP contribution in [-0.2, 0) is 16.1 Å². The van der Waals surface area contributed by atoms with E-state index in [0.29, 0.717) is 17.8 Å². The molecule has 0 spiro atoms. The van der Waals surface area contributed by atoms with Crippen molar-refractivity contribution in [3.05, 3.63) is 65.2 Å². The van der Waals surface area contributed by atoms with Crippen LogP contribution < -0.4 is 10.6 Å². The first-order valence-corrected chi connectivity index (χ1v) is 7.22. The van der Waals surface area contributed by atoms with E-state index in [0.717, 1.165) is 11.1 Å². The van der Waals surface area contributed by atoms with Gasteiger partial charge >= 0.3 is 11.8 Å². The number of anilines is 1. The third-order valence-electron chi connectivity index (χ3n) is 3.46. The zero-order valence-corrected chi connectivity index (χ0v) is 13.1. The van der Waals surface area contributed by atoms with E-state index in [-0.39, 0.29) is 5.78 Å². The highest BCUT2D eigenvalue weighted by molar-refractivity contribution is 6.39. The van der Waals surface area contributed by atoms with Gasteiger partial charge < -0.3 is 10.6 Å². The molecular formula is C18H18N2O3. The van der Waals surface area contributed by atoms with Gasteiger partial charge in [0.05, 0.1) is 0 Å². The first kappa shape index (κ1) is 16.4. The molecule has 5 heteroatoms. The average Bonchev–Trinajstić information content (AvgIpc) is 2.54. The second kappa shape index (κ2) is 7.35. The van der Waals surface area contributed by atoms with Crippen molar-refractivity contribution in [3.63, 3.8) is 0 Å². The van der Waals surface area contributed by atoms with Gasteiger partial charge in [0.2, 0.25) is 0 Å². The van der Waals surface area contributed by atoms with Gasteiger partial charge in [0.1, 0.15) is 0 Å². The highest BCUT2D eigenvalue weighted by atomic mass is 16.2. The maximum Gasteiger partial charge on any atom is 0.313 e. The Morgan fingerprint density at radius 2 is 1.57 bits per heavy atom. The normalized spacial score (nSPS) is 10.0. The molecular weight excluding hydrogens is 292 g/mol. The fraction of sp³-hybridized carbons (Fsp3) is 0.167. The quantitative estimate of drug-likeness (QED) is 0.673. The van der Waals surface area contributed by atoms with E-state index >= 15 is 0 Å². The fourth-order valence-corrected chi connectivity index (χ4v) is 2.04. The number of hydrogen-bond acceptors (Lipinski definition) is 3. The first-order valence-electron chi connectivity index (χ1n) is 7.22. The second-order valence-electron chi connectivity index (χ2n) is 5.20. The lowest BCUT2D eigenvalue weighted by Gasteiger charge is -2.08. The molecule has 0 saturated heterocycles. The fourth-order valence-electron chi connectivity index (χ4n) is 2.04. The Hall–Kier alpha value is -2.95. The maximum absolute atomic E-state index is 11.8. The number of carbonyl (C=O) groups excluding carboxylic acids is 3. The Balaban J connectivity index is 1.91. The van der Waals surface area contributed by atoms with E-state index in [4.69, 9.17) is 0 Å². The van der Waals surface area contributed by atoms with Crippen molar-refractivity contribution in [2.45, 2.75) is 20.4 Å². The molecule has 2 rings (SSSR count). The van der Waals surface area contributed by atoms with Crippen LogP contribution in [0.2, 0.25) is 0 Å². The molecule has 0 radical (unpaired) electrons. The van der Waals surface area contributed by atoms with E-state index < -0.39 is 11.8 Å². The topological polar surface area (TPSA) is 75.3 Å². The molecule has 0 atom stereocenters. The molecule has 2 N–H and O–H groups in total. The summed E-state index contributed by atoms with van der Waals surface area (Å²) in [5, 5.41) is 5.08. The summed E-state index contributed by atoms with van der Waals surface area (Å²) in [7, 11) is 0. The van der Waals surface area contributed by atoms with E-state index in [1.807, 2.05) is 31.2 Å². The minimum atomic E-state index is -0.742.